The maximum absolute atomic E-state index is 11.8. The van der Waals surface area contributed by atoms with E-state index in [1.807, 2.05) is 0 Å². The first kappa shape index (κ1) is 16.3. The van der Waals surface area contributed by atoms with Gasteiger partial charge in [0.25, 0.3) is 0 Å². The lowest BCUT2D eigenvalue weighted by Gasteiger charge is -2.08. The molecule has 23 heavy (non-hydrogen) atoms. The molecule has 2 rings (SSSR count). The molecule has 1 atom stereocenters. The Balaban J connectivity index is 1.95. The number of carbonyl (C=O) groups is 2. The zero-order chi connectivity index (χ0) is 17.0. The Kier molecular flexibility index (Phi) is 4.82. The summed E-state index contributed by atoms with van der Waals surface area (Å²) in [6.45, 7) is 0. The molecule has 0 saturated carbocycles. The average Bonchev–Trinajstić information content (AvgIpc) is 2.78. The maximum Gasteiger partial charge on any atom is 0.325 e. The number of imidazole rings is 1. The van der Waals surface area contributed by atoms with E-state index >= 15 is 0 Å². The fourth-order valence-electron chi connectivity index (χ4n) is 1.97. The quantitative estimate of drug-likeness (QED) is 0.422. The van der Waals surface area contributed by atoms with Gasteiger partial charge in [-0.3, -0.25) is 14.6 Å². The maximum atomic E-state index is 11.8. The molecule has 2 aromatic rings. The van der Waals surface area contributed by atoms with Crippen molar-refractivity contribution in [2.24, 2.45) is 5.73 Å². The number of aromatic amines is 2. The summed E-state index contributed by atoms with van der Waals surface area (Å²) < 4.78 is 0. The van der Waals surface area contributed by atoms with Crippen molar-refractivity contribution < 1.29 is 19.8 Å². The summed E-state index contributed by atoms with van der Waals surface area (Å²) in [4.78, 5) is 37.9. The van der Waals surface area contributed by atoms with Gasteiger partial charge in [-0.25, -0.2) is 4.79 Å². The van der Waals surface area contributed by atoms with Crippen molar-refractivity contribution in [1.29, 1.82) is 0 Å². The molecule has 1 heterocycles. The van der Waals surface area contributed by atoms with Crippen molar-refractivity contribution in [2.45, 2.75) is 18.9 Å². The predicted octanol–water partition coefficient (Wildman–Crippen LogP) is -0.456. The summed E-state index contributed by atoms with van der Waals surface area (Å²) in [5.74, 6) is -1.88. The number of amides is 1. The smallest absolute Gasteiger partial charge is 0.325 e. The van der Waals surface area contributed by atoms with Crippen LogP contribution in [0.4, 0.5) is 5.69 Å². The Morgan fingerprint density at radius 1 is 1.22 bits per heavy atom. The number of benzene rings is 1. The van der Waals surface area contributed by atoms with E-state index in [-0.39, 0.29) is 24.4 Å². The monoisotopic (exact) mass is 320 g/mol. The van der Waals surface area contributed by atoms with E-state index in [4.69, 9.17) is 10.8 Å². The molecule has 1 aromatic carbocycles. The molecule has 0 aliphatic carbocycles. The number of anilines is 1. The Morgan fingerprint density at radius 2 is 1.87 bits per heavy atom. The van der Waals surface area contributed by atoms with E-state index in [0.717, 1.165) is 5.56 Å². The molecule has 122 valence electrons. The minimum Gasteiger partial charge on any atom is -0.493 e. The number of H-pyrrole nitrogens is 2. The second-order valence-corrected chi connectivity index (χ2v) is 4.98. The molecule has 0 aliphatic heterocycles. The molecule has 1 aromatic heterocycles. The highest BCUT2D eigenvalue weighted by Crippen LogP contribution is 2.13. The van der Waals surface area contributed by atoms with E-state index in [1.165, 1.54) is 0 Å². The van der Waals surface area contributed by atoms with Crippen molar-refractivity contribution in [3.63, 3.8) is 0 Å². The molecule has 0 bridgehead atoms. The third-order valence-electron chi connectivity index (χ3n) is 3.13. The number of carboxylic acids is 1. The molecule has 0 unspecified atom stereocenters. The van der Waals surface area contributed by atoms with Crippen LogP contribution < -0.4 is 16.7 Å². The summed E-state index contributed by atoms with van der Waals surface area (Å²) in [5, 5.41) is 20.7. The normalized spacial score (nSPS) is 11.9. The first-order chi connectivity index (χ1) is 10.8. The summed E-state index contributed by atoms with van der Waals surface area (Å²) >= 11 is 0. The lowest BCUT2D eigenvalue weighted by molar-refractivity contribution is -0.138. The molecule has 1 amide bonds. The SMILES string of the molecule is N[C@@H](Cc1ccc(NC(=O)Cc2[nH]c(=O)[nH]c2O)cc1)C(=O)O. The van der Waals surface area contributed by atoms with Gasteiger partial charge >= 0.3 is 11.7 Å². The second kappa shape index (κ2) is 6.79. The largest absolute Gasteiger partial charge is 0.493 e. The van der Waals surface area contributed by atoms with Crippen LogP contribution in [-0.2, 0) is 22.4 Å². The van der Waals surface area contributed by atoms with Gasteiger partial charge in [-0.05, 0) is 24.1 Å². The highest BCUT2D eigenvalue weighted by molar-refractivity contribution is 5.92. The van der Waals surface area contributed by atoms with Crippen LogP contribution in [0.3, 0.4) is 0 Å². The number of rotatable bonds is 6. The molecule has 0 radical (unpaired) electrons. The average molecular weight is 320 g/mol. The van der Waals surface area contributed by atoms with E-state index in [2.05, 4.69) is 15.3 Å². The van der Waals surface area contributed by atoms with E-state index in [9.17, 15) is 19.5 Å². The fraction of sp³-hybridized carbons (Fsp3) is 0.214. The van der Waals surface area contributed by atoms with Gasteiger partial charge in [0.1, 0.15) is 6.04 Å². The van der Waals surface area contributed by atoms with Crippen molar-refractivity contribution >= 4 is 17.6 Å². The minimum absolute atomic E-state index is 0.0940. The molecule has 0 spiro atoms. The Labute approximate surface area is 130 Å². The van der Waals surface area contributed by atoms with Crippen LogP contribution >= 0.6 is 0 Å². The number of carbonyl (C=O) groups excluding carboxylic acids is 1. The van der Waals surface area contributed by atoms with Crippen LogP contribution in [0, 0.1) is 0 Å². The molecule has 0 aliphatic rings. The molecular formula is C14H16N4O5. The van der Waals surface area contributed by atoms with Crippen LogP contribution in [0.1, 0.15) is 11.3 Å². The number of hydrogen-bond acceptors (Lipinski definition) is 5. The van der Waals surface area contributed by atoms with Crippen molar-refractivity contribution in [3.8, 4) is 5.88 Å². The standard InChI is InChI=1S/C14H16N4O5/c15-9(13(21)22)5-7-1-3-8(4-2-7)16-11(19)6-10-12(20)18-14(23)17-10/h1-4,9,20H,5-6,15H2,(H,16,19)(H,21,22)(H2,17,18,23)/t9-/m0/s1. The number of aliphatic carboxylic acids is 1. The lowest BCUT2D eigenvalue weighted by Crippen LogP contribution is -2.32. The number of aromatic nitrogens is 2. The third-order valence-corrected chi connectivity index (χ3v) is 3.13. The molecule has 0 fully saturated rings. The van der Waals surface area contributed by atoms with Gasteiger partial charge in [0.15, 0.2) is 0 Å². The highest BCUT2D eigenvalue weighted by Gasteiger charge is 2.13. The van der Waals surface area contributed by atoms with Gasteiger partial charge in [-0.1, -0.05) is 12.1 Å². The molecule has 9 nitrogen and oxygen atoms in total. The van der Waals surface area contributed by atoms with Gasteiger partial charge in [0.05, 0.1) is 12.1 Å². The lowest BCUT2D eigenvalue weighted by atomic mass is 10.1. The number of aromatic hydroxyl groups is 1. The van der Waals surface area contributed by atoms with Crippen LogP contribution in [0.15, 0.2) is 29.1 Å². The number of nitrogens with two attached hydrogens (primary N) is 1. The van der Waals surface area contributed by atoms with Gasteiger partial charge in [-0.2, -0.15) is 0 Å². The van der Waals surface area contributed by atoms with Gasteiger partial charge in [-0.15, -0.1) is 0 Å². The van der Waals surface area contributed by atoms with E-state index in [1.54, 1.807) is 24.3 Å². The topological polar surface area (TPSA) is 161 Å². The predicted molar refractivity (Wildman–Crippen MR) is 81.2 cm³/mol. The zero-order valence-corrected chi connectivity index (χ0v) is 12.0. The number of carboxylic acid groups (broad SMARTS) is 1. The number of nitrogens with one attached hydrogen (secondary N) is 3. The Morgan fingerprint density at radius 3 is 2.39 bits per heavy atom. The summed E-state index contributed by atoms with van der Waals surface area (Å²) in [6, 6.07) is 5.56. The number of hydrogen-bond donors (Lipinski definition) is 6. The van der Waals surface area contributed by atoms with Crippen LogP contribution in [0.2, 0.25) is 0 Å². The van der Waals surface area contributed by atoms with E-state index in [0.29, 0.717) is 5.69 Å². The Hall–Kier alpha value is -3.07. The summed E-state index contributed by atoms with van der Waals surface area (Å²) in [7, 11) is 0. The molecular weight excluding hydrogens is 304 g/mol. The van der Waals surface area contributed by atoms with Crippen LogP contribution in [0.25, 0.3) is 0 Å². The second-order valence-electron chi connectivity index (χ2n) is 4.98. The molecule has 0 saturated heterocycles. The van der Waals surface area contributed by atoms with Gasteiger partial charge in [0.2, 0.25) is 11.8 Å². The summed E-state index contributed by atoms with van der Waals surface area (Å²) in [5.41, 5.74) is 6.17. The first-order valence-corrected chi connectivity index (χ1v) is 6.72. The molecule has 7 N–H and O–H groups in total. The highest BCUT2D eigenvalue weighted by atomic mass is 16.4. The van der Waals surface area contributed by atoms with Crippen LogP contribution in [-0.4, -0.2) is 38.1 Å². The Bertz CT molecular complexity index is 762. The minimum atomic E-state index is -1.08. The van der Waals surface area contributed by atoms with Gasteiger partial charge in [0, 0.05) is 5.69 Å². The van der Waals surface area contributed by atoms with E-state index < -0.39 is 23.6 Å². The van der Waals surface area contributed by atoms with Gasteiger partial charge < -0.3 is 26.2 Å². The van der Waals surface area contributed by atoms with Crippen molar-refractivity contribution in [3.05, 3.63) is 46.0 Å². The fourth-order valence-corrected chi connectivity index (χ4v) is 1.97. The van der Waals surface area contributed by atoms with Crippen molar-refractivity contribution in [2.75, 3.05) is 5.32 Å². The van der Waals surface area contributed by atoms with Crippen LogP contribution in [0.5, 0.6) is 5.88 Å². The zero-order valence-electron chi connectivity index (χ0n) is 12.0. The summed E-state index contributed by atoms with van der Waals surface area (Å²) in [6.07, 6.45) is -0.0156. The third kappa shape index (κ3) is 4.45. The molecule has 9 heteroatoms. The first-order valence-electron chi connectivity index (χ1n) is 6.72. The van der Waals surface area contributed by atoms with Crippen molar-refractivity contribution in [1.82, 2.24) is 9.97 Å².